The Labute approximate surface area is 132 Å². The average molecular weight is 312 g/mol. The molecule has 3 aromatic rings. The summed E-state index contributed by atoms with van der Waals surface area (Å²) in [6.07, 6.45) is 10.8. The smallest absolute Gasteiger partial charge is 0.165 e. The first-order chi connectivity index (χ1) is 10.9. The number of imidazole rings is 1. The Morgan fingerprint density at radius 1 is 1.23 bits per heavy atom. The third kappa shape index (κ3) is 2.55. The maximum Gasteiger partial charge on any atom is 0.165 e. The molecule has 1 aliphatic rings. The molecule has 4 heterocycles. The van der Waals surface area contributed by atoms with Gasteiger partial charge in [-0.05, 0) is 47.7 Å². The van der Waals surface area contributed by atoms with Crippen LogP contribution in [0.1, 0.15) is 36.7 Å². The Morgan fingerprint density at radius 3 is 3.05 bits per heavy atom. The summed E-state index contributed by atoms with van der Waals surface area (Å²) in [5, 5.41) is 4.16. The molecular formula is C16H16N4OS. The summed E-state index contributed by atoms with van der Waals surface area (Å²) in [6.45, 7) is 0.806. The van der Waals surface area contributed by atoms with Crippen molar-refractivity contribution in [1.29, 1.82) is 0 Å². The van der Waals surface area contributed by atoms with Crippen LogP contribution in [0, 0.1) is 0 Å². The van der Waals surface area contributed by atoms with E-state index in [0.717, 1.165) is 36.3 Å². The van der Waals surface area contributed by atoms with Crippen LogP contribution in [0.15, 0.2) is 29.5 Å². The first-order valence-corrected chi connectivity index (χ1v) is 8.35. The van der Waals surface area contributed by atoms with E-state index in [4.69, 9.17) is 4.74 Å². The van der Waals surface area contributed by atoms with E-state index in [9.17, 15) is 0 Å². The van der Waals surface area contributed by atoms with Gasteiger partial charge in [0.1, 0.15) is 18.1 Å². The largest absolute Gasteiger partial charge is 0.358 e. The topological polar surface area (TPSA) is 52.8 Å². The lowest BCUT2D eigenvalue weighted by molar-refractivity contribution is -0.0298. The maximum absolute atomic E-state index is 5.84. The first kappa shape index (κ1) is 13.6. The van der Waals surface area contributed by atoms with Gasteiger partial charge in [-0.1, -0.05) is 6.08 Å². The van der Waals surface area contributed by atoms with Crippen LogP contribution in [-0.2, 0) is 4.74 Å². The number of aromatic nitrogens is 4. The fraction of sp³-hybridized carbons (Fsp3) is 0.312. The highest BCUT2D eigenvalue weighted by Crippen LogP contribution is 2.26. The number of fused-ring (bicyclic) bond motifs is 1. The van der Waals surface area contributed by atoms with Crippen LogP contribution < -0.4 is 0 Å². The highest BCUT2D eigenvalue weighted by Gasteiger charge is 2.19. The van der Waals surface area contributed by atoms with Gasteiger partial charge in [0.25, 0.3) is 0 Å². The monoisotopic (exact) mass is 312 g/mol. The number of thiophene rings is 1. The van der Waals surface area contributed by atoms with Gasteiger partial charge in [-0.15, -0.1) is 0 Å². The number of nitrogens with zero attached hydrogens (tertiary/aromatic N) is 4. The molecule has 1 saturated heterocycles. The summed E-state index contributed by atoms with van der Waals surface area (Å²) in [7, 11) is 0. The van der Waals surface area contributed by atoms with E-state index in [1.807, 2.05) is 17.0 Å². The molecule has 0 aromatic carbocycles. The highest BCUT2D eigenvalue weighted by atomic mass is 32.1. The third-order valence-corrected chi connectivity index (χ3v) is 4.53. The van der Waals surface area contributed by atoms with E-state index in [1.165, 1.54) is 12.0 Å². The van der Waals surface area contributed by atoms with Gasteiger partial charge in [0.05, 0.1) is 12.0 Å². The van der Waals surface area contributed by atoms with Gasteiger partial charge >= 0.3 is 0 Å². The van der Waals surface area contributed by atoms with E-state index in [1.54, 1.807) is 17.7 Å². The molecule has 4 rings (SSSR count). The van der Waals surface area contributed by atoms with Crippen molar-refractivity contribution in [1.82, 2.24) is 19.5 Å². The molecule has 0 aliphatic carbocycles. The highest BCUT2D eigenvalue weighted by molar-refractivity contribution is 7.08. The number of rotatable bonds is 3. The van der Waals surface area contributed by atoms with Crippen molar-refractivity contribution >= 4 is 34.7 Å². The van der Waals surface area contributed by atoms with E-state index in [2.05, 4.69) is 37.9 Å². The van der Waals surface area contributed by atoms with Crippen LogP contribution in [0.25, 0.3) is 23.3 Å². The van der Waals surface area contributed by atoms with Crippen LogP contribution in [0.3, 0.4) is 0 Å². The Morgan fingerprint density at radius 2 is 2.23 bits per heavy atom. The number of hydrogen-bond acceptors (Lipinski definition) is 5. The minimum absolute atomic E-state index is 0.0438. The van der Waals surface area contributed by atoms with Crippen molar-refractivity contribution in [3.8, 4) is 0 Å². The Hall–Kier alpha value is -2.05. The van der Waals surface area contributed by atoms with Crippen molar-refractivity contribution in [2.45, 2.75) is 25.5 Å². The second-order valence-corrected chi connectivity index (χ2v) is 6.07. The molecule has 6 heteroatoms. The molecule has 0 spiro atoms. The maximum atomic E-state index is 5.84. The number of ether oxygens (including phenoxy) is 1. The van der Waals surface area contributed by atoms with Crippen molar-refractivity contribution in [3.63, 3.8) is 0 Å². The molecule has 112 valence electrons. The molecular weight excluding hydrogens is 296 g/mol. The first-order valence-electron chi connectivity index (χ1n) is 7.41. The van der Waals surface area contributed by atoms with Gasteiger partial charge < -0.3 is 4.74 Å². The third-order valence-electron chi connectivity index (χ3n) is 3.83. The Kier molecular flexibility index (Phi) is 3.70. The zero-order valence-corrected chi connectivity index (χ0v) is 12.9. The van der Waals surface area contributed by atoms with E-state index >= 15 is 0 Å². The van der Waals surface area contributed by atoms with Gasteiger partial charge in [0, 0.05) is 6.61 Å². The fourth-order valence-electron chi connectivity index (χ4n) is 2.69. The van der Waals surface area contributed by atoms with Crippen molar-refractivity contribution in [2.24, 2.45) is 0 Å². The molecule has 0 amide bonds. The summed E-state index contributed by atoms with van der Waals surface area (Å²) < 4.78 is 7.86. The molecule has 0 radical (unpaired) electrons. The second kappa shape index (κ2) is 5.98. The Bertz CT molecular complexity index is 788. The predicted octanol–water partition coefficient (Wildman–Crippen LogP) is 3.76. The molecule has 1 aliphatic heterocycles. The van der Waals surface area contributed by atoms with Crippen molar-refractivity contribution < 1.29 is 4.74 Å². The van der Waals surface area contributed by atoms with E-state index in [0.29, 0.717) is 0 Å². The van der Waals surface area contributed by atoms with E-state index in [-0.39, 0.29) is 6.23 Å². The van der Waals surface area contributed by atoms with Crippen molar-refractivity contribution in [3.05, 3.63) is 40.7 Å². The van der Waals surface area contributed by atoms with Gasteiger partial charge in [0.15, 0.2) is 5.65 Å². The standard InChI is InChI=1S/C16H16N4OS/c1-2-7-21-14(3-1)20-11-19-15-13(17-10-18-16(15)20)5-4-12-6-8-22-9-12/h4-6,8-11,14H,1-3,7H2/b5-4+. The molecule has 1 atom stereocenters. The molecule has 22 heavy (non-hydrogen) atoms. The zero-order chi connectivity index (χ0) is 14.8. The summed E-state index contributed by atoms with van der Waals surface area (Å²) in [4.78, 5) is 13.3. The lowest BCUT2D eigenvalue weighted by atomic mass is 10.2. The minimum Gasteiger partial charge on any atom is -0.358 e. The predicted molar refractivity (Wildman–Crippen MR) is 87.4 cm³/mol. The molecule has 1 fully saturated rings. The van der Waals surface area contributed by atoms with Gasteiger partial charge in [-0.3, -0.25) is 4.57 Å². The van der Waals surface area contributed by atoms with Gasteiger partial charge in [-0.2, -0.15) is 11.3 Å². The Balaban J connectivity index is 1.70. The number of hydrogen-bond donors (Lipinski definition) is 0. The fourth-order valence-corrected chi connectivity index (χ4v) is 3.32. The zero-order valence-electron chi connectivity index (χ0n) is 12.1. The second-order valence-electron chi connectivity index (χ2n) is 5.29. The average Bonchev–Trinajstić information content (AvgIpc) is 3.23. The van der Waals surface area contributed by atoms with E-state index < -0.39 is 0 Å². The van der Waals surface area contributed by atoms with Crippen LogP contribution in [-0.4, -0.2) is 26.1 Å². The van der Waals surface area contributed by atoms with Gasteiger partial charge in [-0.25, -0.2) is 15.0 Å². The summed E-state index contributed by atoms with van der Waals surface area (Å²) in [5.41, 5.74) is 3.67. The lowest BCUT2D eigenvalue weighted by Gasteiger charge is -2.23. The molecule has 5 nitrogen and oxygen atoms in total. The van der Waals surface area contributed by atoms with Gasteiger partial charge in [0.2, 0.25) is 0 Å². The molecule has 0 bridgehead atoms. The molecule has 1 unspecified atom stereocenters. The molecule has 0 saturated carbocycles. The van der Waals surface area contributed by atoms with Crippen LogP contribution >= 0.6 is 11.3 Å². The quantitative estimate of drug-likeness (QED) is 0.739. The summed E-state index contributed by atoms with van der Waals surface area (Å²) >= 11 is 1.68. The minimum atomic E-state index is 0.0438. The molecule has 0 N–H and O–H groups in total. The van der Waals surface area contributed by atoms with Crippen LogP contribution in [0.4, 0.5) is 0 Å². The normalized spacial score (nSPS) is 19.2. The van der Waals surface area contributed by atoms with Crippen molar-refractivity contribution in [2.75, 3.05) is 6.61 Å². The molecule has 3 aromatic heterocycles. The summed E-state index contributed by atoms with van der Waals surface area (Å²) in [5.74, 6) is 0. The van der Waals surface area contributed by atoms with Crippen LogP contribution in [0.5, 0.6) is 0 Å². The SMILES string of the molecule is C(=C\c1ncnc2c1ncn2C1CCCCO1)/c1ccsc1. The van der Waals surface area contributed by atoms with Crippen LogP contribution in [0.2, 0.25) is 0 Å². The lowest BCUT2D eigenvalue weighted by Crippen LogP contribution is -2.17. The summed E-state index contributed by atoms with van der Waals surface area (Å²) in [6, 6.07) is 2.08.